The van der Waals surface area contributed by atoms with Crippen molar-refractivity contribution in [1.29, 1.82) is 0 Å². The van der Waals surface area contributed by atoms with Crippen molar-refractivity contribution in [3.05, 3.63) is 59.8 Å². The third kappa shape index (κ3) is 3.79. The fourth-order valence-corrected chi connectivity index (χ4v) is 2.45. The first-order chi connectivity index (χ1) is 8.38. The predicted octanol–water partition coefficient (Wildman–Crippen LogP) is 3.56. The van der Waals surface area contributed by atoms with Crippen LogP contribution in [0.15, 0.2) is 48.5 Å². The van der Waals surface area contributed by atoms with E-state index in [0.29, 0.717) is 0 Å². The summed E-state index contributed by atoms with van der Waals surface area (Å²) in [5.41, 5.74) is 2.49. The molecule has 1 aromatic carbocycles. The molecule has 0 bridgehead atoms. The summed E-state index contributed by atoms with van der Waals surface area (Å²) < 4.78 is 0. The van der Waals surface area contributed by atoms with Gasteiger partial charge in [0.25, 0.3) is 0 Å². The number of rotatable bonds is 5. The van der Waals surface area contributed by atoms with Crippen molar-refractivity contribution >= 4 is 17.6 Å². The van der Waals surface area contributed by atoms with Gasteiger partial charge >= 0.3 is 0 Å². The highest BCUT2D eigenvalue weighted by atomic mass is 32.2. The van der Waals surface area contributed by atoms with Gasteiger partial charge in [0.2, 0.25) is 0 Å². The average molecular weight is 244 g/mol. The van der Waals surface area contributed by atoms with Crippen molar-refractivity contribution in [2.75, 3.05) is 12.4 Å². The Labute approximate surface area is 106 Å². The Morgan fingerprint density at radius 1 is 1.00 bits per heavy atom. The maximum absolute atomic E-state index is 4.49. The molecule has 0 spiro atoms. The van der Waals surface area contributed by atoms with Crippen LogP contribution in [0.2, 0.25) is 0 Å². The monoisotopic (exact) mass is 244 g/mol. The number of benzene rings is 1. The van der Waals surface area contributed by atoms with Gasteiger partial charge in [-0.3, -0.25) is 0 Å². The zero-order valence-electron chi connectivity index (χ0n) is 9.89. The zero-order valence-corrected chi connectivity index (χ0v) is 10.7. The second kappa shape index (κ2) is 6.30. The minimum Gasteiger partial charge on any atom is -0.373 e. The molecule has 1 heterocycles. The summed E-state index contributed by atoms with van der Waals surface area (Å²) >= 11 is 1.89. The van der Waals surface area contributed by atoms with Gasteiger partial charge < -0.3 is 5.32 Å². The van der Waals surface area contributed by atoms with Crippen LogP contribution < -0.4 is 5.32 Å². The van der Waals surface area contributed by atoms with E-state index in [0.717, 1.165) is 23.0 Å². The Balaban J connectivity index is 1.86. The number of thioether (sulfide) groups is 1. The van der Waals surface area contributed by atoms with Crippen LogP contribution in [0.3, 0.4) is 0 Å². The van der Waals surface area contributed by atoms with Crippen LogP contribution in [-0.2, 0) is 11.5 Å². The minimum absolute atomic E-state index is 0.933. The van der Waals surface area contributed by atoms with E-state index in [9.17, 15) is 0 Å². The summed E-state index contributed by atoms with van der Waals surface area (Å²) in [5, 5.41) is 3.06. The molecule has 2 rings (SSSR count). The number of aromatic nitrogens is 1. The van der Waals surface area contributed by atoms with Crippen LogP contribution in [-0.4, -0.2) is 12.0 Å². The van der Waals surface area contributed by atoms with Gasteiger partial charge in [-0.15, -0.1) is 0 Å². The van der Waals surface area contributed by atoms with E-state index in [1.165, 1.54) is 5.56 Å². The second-order valence-electron chi connectivity index (χ2n) is 3.74. The summed E-state index contributed by atoms with van der Waals surface area (Å²) in [7, 11) is 1.89. The second-order valence-corrected chi connectivity index (χ2v) is 4.73. The van der Waals surface area contributed by atoms with Crippen molar-refractivity contribution in [2.24, 2.45) is 0 Å². The van der Waals surface area contributed by atoms with E-state index < -0.39 is 0 Å². The standard InChI is InChI=1S/C14H16N2S/c1-15-14-9-5-8-13(16-14)11-17-10-12-6-3-2-4-7-12/h2-9H,10-11H2,1H3,(H,15,16). The molecular weight excluding hydrogens is 228 g/mol. The van der Waals surface area contributed by atoms with Gasteiger partial charge in [0.1, 0.15) is 5.82 Å². The average Bonchev–Trinajstić information content (AvgIpc) is 2.40. The van der Waals surface area contributed by atoms with E-state index in [2.05, 4.69) is 40.6 Å². The van der Waals surface area contributed by atoms with E-state index in [1.54, 1.807) is 0 Å². The van der Waals surface area contributed by atoms with Gasteiger partial charge in [-0.25, -0.2) is 4.98 Å². The van der Waals surface area contributed by atoms with Gasteiger partial charge in [0, 0.05) is 18.6 Å². The minimum atomic E-state index is 0.933. The Hall–Kier alpha value is -1.48. The van der Waals surface area contributed by atoms with Crippen LogP contribution in [0.5, 0.6) is 0 Å². The molecule has 0 saturated carbocycles. The highest BCUT2D eigenvalue weighted by molar-refractivity contribution is 7.97. The Bertz CT molecular complexity index is 457. The summed E-state index contributed by atoms with van der Waals surface area (Å²) in [6, 6.07) is 16.6. The van der Waals surface area contributed by atoms with Crippen LogP contribution in [0.1, 0.15) is 11.3 Å². The van der Waals surface area contributed by atoms with Crippen molar-refractivity contribution in [3.8, 4) is 0 Å². The molecule has 0 atom stereocenters. The Morgan fingerprint density at radius 2 is 1.82 bits per heavy atom. The molecule has 0 fully saturated rings. The molecule has 17 heavy (non-hydrogen) atoms. The molecule has 0 aliphatic rings. The molecule has 1 aromatic heterocycles. The predicted molar refractivity (Wildman–Crippen MR) is 75.2 cm³/mol. The number of anilines is 1. The lowest BCUT2D eigenvalue weighted by atomic mass is 10.2. The molecule has 0 aliphatic carbocycles. The Kier molecular flexibility index (Phi) is 4.45. The molecule has 0 aliphatic heterocycles. The Morgan fingerprint density at radius 3 is 2.59 bits per heavy atom. The van der Waals surface area contributed by atoms with Crippen molar-refractivity contribution in [1.82, 2.24) is 4.98 Å². The fraction of sp³-hybridized carbons (Fsp3) is 0.214. The smallest absolute Gasteiger partial charge is 0.125 e. The normalized spacial score (nSPS) is 10.2. The summed E-state index contributed by atoms with van der Waals surface area (Å²) in [5.74, 6) is 2.92. The molecule has 0 saturated heterocycles. The maximum atomic E-state index is 4.49. The third-order valence-corrected chi connectivity index (χ3v) is 3.46. The van der Waals surface area contributed by atoms with Crippen LogP contribution in [0.4, 0.5) is 5.82 Å². The highest BCUT2D eigenvalue weighted by Crippen LogP contribution is 2.17. The van der Waals surface area contributed by atoms with E-state index in [-0.39, 0.29) is 0 Å². The van der Waals surface area contributed by atoms with E-state index in [4.69, 9.17) is 0 Å². The molecule has 2 nitrogen and oxygen atoms in total. The van der Waals surface area contributed by atoms with Crippen LogP contribution in [0.25, 0.3) is 0 Å². The SMILES string of the molecule is CNc1cccc(CSCc2ccccc2)n1. The van der Waals surface area contributed by atoms with Gasteiger partial charge in [0.15, 0.2) is 0 Å². The number of nitrogens with one attached hydrogen (secondary N) is 1. The first kappa shape index (κ1) is 12.0. The van der Waals surface area contributed by atoms with Gasteiger partial charge in [-0.1, -0.05) is 36.4 Å². The molecule has 88 valence electrons. The van der Waals surface area contributed by atoms with Crippen molar-refractivity contribution in [2.45, 2.75) is 11.5 Å². The third-order valence-electron chi connectivity index (χ3n) is 2.42. The number of hydrogen-bond acceptors (Lipinski definition) is 3. The number of pyridine rings is 1. The topological polar surface area (TPSA) is 24.9 Å². The van der Waals surface area contributed by atoms with E-state index >= 15 is 0 Å². The first-order valence-electron chi connectivity index (χ1n) is 5.64. The maximum Gasteiger partial charge on any atom is 0.125 e. The van der Waals surface area contributed by atoms with Crippen LogP contribution in [0, 0.1) is 0 Å². The van der Waals surface area contributed by atoms with Gasteiger partial charge in [0.05, 0.1) is 5.69 Å². The summed E-state index contributed by atoms with van der Waals surface area (Å²) in [6.45, 7) is 0. The van der Waals surface area contributed by atoms with Crippen molar-refractivity contribution < 1.29 is 0 Å². The summed E-state index contributed by atoms with van der Waals surface area (Å²) in [4.78, 5) is 4.49. The lowest BCUT2D eigenvalue weighted by Gasteiger charge is -2.04. The van der Waals surface area contributed by atoms with Gasteiger partial charge in [-0.05, 0) is 17.7 Å². The molecular formula is C14H16N2S. The van der Waals surface area contributed by atoms with Crippen molar-refractivity contribution in [3.63, 3.8) is 0 Å². The molecule has 1 N–H and O–H groups in total. The molecule has 0 amide bonds. The lowest BCUT2D eigenvalue weighted by molar-refractivity contribution is 1.16. The quantitative estimate of drug-likeness (QED) is 0.870. The molecule has 3 heteroatoms. The molecule has 0 radical (unpaired) electrons. The van der Waals surface area contributed by atoms with E-state index in [1.807, 2.05) is 37.0 Å². The summed E-state index contributed by atoms with van der Waals surface area (Å²) in [6.07, 6.45) is 0. The fourth-order valence-electron chi connectivity index (χ4n) is 1.55. The highest BCUT2D eigenvalue weighted by Gasteiger charge is 1.97. The largest absolute Gasteiger partial charge is 0.373 e. The van der Waals surface area contributed by atoms with Crippen LogP contribution >= 0.6 is 11.8 Å². The number of hydrogen-bond donors (Lipinski definition) is 1. The number of nitrogens with zero attached hydrogens (tertiary/aromatic N) is 1. The zero-order chi connectivity index (χ0) is 11.9. The molecule has 2 aromatic rings. The first-order valence-corrected chi connectivity index (χ1v) is 6.79. The van der Waals surface area contributed by atoms with Gasteiger partial charge in [-0.2, -0.15) is 11.8 Å². The lowest BCUT2D eigenvalue weighted by Crippen LogP contribution is -1.95. The molecule has 0 unspecified atom stereocenters.